The van der Waals surface area contributed by atoms with E-state index in [0.717, 1.165) is 23.5 Å². The number of amides is 1. The first-order valence-corrected chi connectivity index (χ1v) is 8.55. The van der Waals surface area contributed by atoms with Crippen LogP contribution in [0.1, 0.15) is 26.5 Å². The number of thiazole rings is 1. The van der Waals surface area contributed by atoms with Gasteiger partial charge in [-0.1, -0.05) is 17.7 Å². The number of hydrogen-bond donors (Lipinski definition) is 1. The standard InChI is InChI=1S/C17H11ClF3N3OS/c18-13-5-4-11(17(19,20)21)7-10(13)8-12-9-23-16(26-12)24-15(25)14-3-1-2-6-22-14/h1-7,9H,8H2,(H,23,24,25). The second kappa shape index (κ2) is 7.43. The van der Waals surface area contributed by atoms with Gasteiger partial charge in [0.1, 0.15) is 5.69 Å². The van der Waals surface area contributed by atoms with Crippen molar-refractivity contribution in [3.8, 4) is 0 Å². The fourth-order valence-electron chi connectivity index (χ4n) is 2.18. The highest BCUT2D eigenvalue weighted by Gasteiger charge is 2.30. The molecule has 0 bridgehead atoms. The molecular weight excluding hydrogens is 387 g/mol. The molecule has 134 valence electrons. The SMILES string of the molecule is O=C(Nc1ncc(Cc2cc(C(F)(F)F)ccc2Cl)s1)c1ccccn1. The topological polar surface area (TPSA) is 54.9 Å². The molecule has 3 aromatic rings. The van der Waals surface area contributed by atoms with E-state index in [1.807, 2.05) is 0 Å². The van der Waals surface area contributed by atoms with Gasteiger partial charge in [0, 0.05) is 28.7 Å². The van der Waals surface area contributed by atoms with Crippen molar-refractivity contribution in [3.63, 3.8) is 0 Å². The van der Waals surface area contributed by atoms with Gasteiger partial charge in [-0.25, -0.2) is 4.98 Å². The molecule has 0 saturated carbocycles. The molecule has 0 aliphatic rings. The molecule has 0 aliphatic heterocycles. The van der Waals surface area contributed by atoms with Crippen LogP contribution >= 0.6 is 22.9 Å². The molecule has 9 heteroatoms. The molecular formula is C17H11ClF3N3OS. The van der Waals surface area contributed by atoms with Gasteiger partial charge >= 0.3 is 6.18 Å². The molecule has 26 heavy (non-hydrogen) atoms. The number of nitrogens with one attached hydrogen (secondary N) is 1. The summed E-state index contributed by atoms with van der Waals surface area (Å²) in [7, 11) is 0. The van der Waals surface area contributed by atoms with Crippen LogP contribution in [0.15, 0.2) is 48.8 Å². The van der Waals surface area contributed by atoms with Crippen LogP contribution in [0.2, 0.25) is 5.02 Å². The molecule has 0 aliphatic carbocycles. The molecule has 0 saturated heterocycles. The average Bonchev–Trinajstić information content (AvgIpc) is 3.03. The first-order valence-electron chi connectivity index (χ1n) is 7.35. The van der Waals surface area contributed by atoms with Gasteiger partial charge in [0.05, 0.1) is 5.56 Å². The largest absolute Gasteiger partial charge is 0.416 e. The number of carbonyl (C=O) groups excluding carboxylic acids is 1. The molecule has 0 atom stereocenters. The molecule has 3 rings (SSSR count). The van der Waals surface area contributed by atoms with Crippen LogP contribution in [0.25, 0.3) is 0 Å². The van der Waals surface area contributed by atoms with E-state index >= 15 is 0 Å². The Morgan fingerprint density at radius 3 is 2.69 bits per heavy atom. The number of alkyl halides is 3. The molecule has 0 radical (unpaired) electrons. The van der Waals surface area contributed by atoms with Crippen molar-refractivity contribution >= 4 is 34.0 Å². The summed E-state index contributed by atoms with van der Waals surface area (Å²) in [5.41, 5.74) is -0.178. The van der Waals surface area contributed by atoms with E-state index < -0.39 is 17.6 Å². The van der Waals surface area contributed by atoms with E-state index in [1.54, 1.807) is 18.2 Å². The Kier molecular flexibility index (Phi) is 5.24. The summed E-state index contributed by atoms with van der Waals surface area (Å²) >= 11 is 7.17. The number of rotatable bonds is 4. The van der Waals surface area contributed by atoms with Gasteiger partial charge in [-0.15, -0.1) is 11.3 Å². The number of halogens is 4. The predicted octanol–water partition coefficient (Wildman–Crippen LogP) is 5.05. The second-order valence-electron chi connectivity index (χ2n) is 5.28. The highest BCUT2D eigenvalue weighted by atomic mass is 35.5. The lowest BCUT2D eigenvalue weighted by Crippen LogP contribution is -2.12. The maximum atomic E-state index is 12.8. The zero-order chi connectivity index (χ0) is 18.7. The van der Waals surface area contributed by atoms with Crippen molar-refractivity contribution in [2.75, 3.05) is 5.32 Å². The summed E-state index contributed by atoms with van der Waals surface area (Å²) in [6.07, 6.45) is -1.26. The van der Waals surface area contributed by atoms with Gasteiger partial charge < -0.3 is 0 Å². The minimum Gasteiger partial charge on any atom is -0.296 e. The van der Waals surface area contributed by atoms with Crippen LogP contribution in [-0.2, 0) is 12.6 Å². The van der Waals surface area contributed by atoms with Crippen molar-refractivity contribution in [2.45, 2.75) is 12.6 Å². The molecule has 1 amide bonds. The Bertz CT molecular complexity index is 929. The highest BCUT2D eigenvalue weighted by Crippen LogP contribution is 2.33. The van der Waals surface area contributed by atoms with Crippen molar-refractivity contribution in [3.05, 3.63) is 75.5 Å². The summed E-state index contributed by atoms with van der Waals surface area (Å²) in [6, 6.07) is 8.13. The number of pyridine rings is 1. The lowest BCUT2D eigenvalue weighted by Gasteiger charge is -2.09. The van der Waals surface area contributed by atoms with E-state index in [1.165, 1.54) is 18.5 Å². The third-order valence-electron chi connectivity index (χ3n) is 3.41. The Labute approximate surface area is 155 Å². The van der Waals surface area contributed by atoms with Gasteiger partial charge in [-0.3, -0.25) is 15.1 Å². The second-order valence-corrected chi connectivity index (χ2v) is 6.80. The van der Waals surface area contributed by atoms with E-state index in [-0.39, 0.29) is 17.1 Å². The van der Waals surface area contributed by atoms with Crippen molar-refractivity contribution in [2.24, 2.45) is 0 Å². The van der Waals surface area contributed by atoms with Crippen LogP contribution in [0, 0.1) is 0 Å². The molecule has 2 aromatic heterocycles. The van der Waals surface area contributed by atoms with E-state index in [9.17, 15) is 18.0 Å². The van der Waals surface area contributed by atoms with Gasteiger partial charge in [0.25, 0.3) is 5.91 Å². The Morgan fingerprint density at radius 2 is 2.00 bits per heavy atom. The minimum absolute atomic E-state index is 0.180. The van der Waals surface area contributed by atoms with E-state index in [0.29, 0.717) is 15.6 Å². The van der Waals surface area contributed by atoms with Gasteiger partial charge in [-0.05, 0) is 35.9 Å². The lowest BCUT2D eigenvalue weighted by atomic mass is 10.1. The number of hydrogen-bond acceptors (Lipinski definition) is 4. The van der Waals surface area contributed by atoms with Crippen LogP contribution < -0.4 is 5.32 Å². The van der Waals surface area contributed by atoms with Crippen molar-refractivity contribution in [1.29, 1.82) is 0 Å². The van der Waals surface area contributed by atoms with Crippen molar-refractivity contribution < 1.29 is 18.0 Å². The first-order chi connectivity index (χ1) is 12.3. The third kappa shape index (κ3) is 4.39. The normalized spacial score (nSPS) is 11.4. The smallest absolute Gasteiger partial charge is 0.296 e. The fourth-order valence-corrected chi connectivity index (χ4v) is 3.19. The summed E-state index contributed by atoms with van der Waals surface area (Å²) < 4.78 is 38.5. The Morgan fingerprint density at radius 1 is 1.19 bits per heavy atom. The van der Waals surface area contributed by atoms with Crippen LogP contribution in [-0.4, -0.2) is 15.9 Å². The lowest BCUT2D eigenvalue weighted by molar-refractivity contribution is -0.137. The van der Waals surface area contributed by atoms with Gasteiger partial charge in [0.15, 0.2) is 5.13 Å². The van der Waals surface area contributed by atoms with E-state index in [4.69, 9.17) is 11.6 Å². The molecule has 2 heterocycles. The van der Waals surface area contributed by atoms with Crippen LogP contribution in [0.3, 0.4) is 0 Å². The maximum absolute atomic E-state index is 12.8. The quantitative estimate of drug-likeness (QED) is 0.670. The number of anilines is 1. The number of nitrogens with zero attached hydrogens (tertiary/aromatic N) is 2. The molecule has 0 fully saturated rings. The first kappa shape index (κ1) is 18.3. The maximum Gasteiger partial charge on any atom is 0.416 e. The molecule has 0 spiro atoms. The number of aromatic nitrogens is 2. The minimum atomic E-state index is -4.44. The van der Waals surface area contributed by atoms with Crippen LogP contribution in [0.5, 0.6) is 0 Å². The summed E-state index contributed by atoms with van der Waals surface area (Å²) in [5, 5.41) is 3.18. The fraction of sp³-hybridized carbons (Fsp3) is 0.118. The Hall–Kier alpha value is -2.45. The highest BCUT2D eigenvalue weighted by molar-refractivity contribution is 7.15. The van der Waals surface area contributed by atoms with Crippen molar-refractivity contribution in [1.82, 2.24) is 9.97 Å². The summed E-state index contributed by atoms with van der Waals surface area (Å²) in [4.78, 5) is 20.7. The molecule has 0 unspecified atom stereocenters. The summed E-state index contributed by atoms with van der Waals surface area (Å²) in [5.74, 6) is -0.413. The zero-order valence-corrected chi connectivity index (χ0v) is 14.6. The molecule has 4 nitrogen and oxygen atoms in total. The predicted molar refractivity (Wildman–Crippen MR) is 93.6 cm³/mol. The van der Waals surface area contributed by atoms with Gasteiger partial charge in [-0.2, -0.15) is 13.2 Å². The zero-order valence-electron chi connectivity index (χ0n) is 13.0. The molecule has 1 aromatic carbocycles. The Balaban J connectivity index is 1.74. The average molecular weight is 398 g/mol. The monoisotopic (exact) mass is 397 g/mol. The molecule has 1 N–H and O–H groups in total. The third-order valence-corrected chi connectivity index (χ3v) is 4.69. The number of benzene rings is 1. The van der Waals surface area contributed by atoms with Crippen LogP contribution in [0.4, 0.5) is 18.3 Å². The number of carbonyl (C=O) groups is 1. The van der Waals surface area contributed by atoms with E-state index in [2.05, 4.69) is 15.3 Å². The summed E-state index contributed by atoms with van der Waals surface area (Å²) in [6.45, 7) is 0. The van der Waals surface area contributed by atoms with Gasteiger partial charge in [0.2, 0.25) is 0 Å².